The van der Waals surface area contributed by atoms with E-state index in [1.54, 1.807) is 6.07 Å². The van der Waals surface area contributed by atoms with Gasteiger partial charge in [0.05, 0.1) is 5.02 Å². The van der Waals surface area contributed by atoms with Crippen LogP contribution < -0.4 is 11.5 Å². The fraction of sp³-hybridized carbons (Fsp3) is 0.105. The molecule has 0 saturated heterocycles. The average Bonchev–Trinajstić information content (AvgIpc) is 3.00. The van der Waals surface area contributed by atoms with Gasteiger partial charge in [0.2, 0.25) is 5.16 Å². The number of nitrogens with zero attached hydrogens (tertiary/aromatic N) is 3. The van der Waals surface area contributed by atoms with E-state index in [0.29, 0.717) is 32.9 Å². The second-order valence-corrected chi connectivity index (χ2v) is 7.38. The van der Waals surface area contributed by atoms with Gasteiger partial charge < -0.3 is 10.3 Å². The van der Waals surface area contributed by atoms with E-state index < -0.39 is 0 Å². The molecule has 2 aromatic carbocycles. The second-order valence-electron chi connectivity index (χ2n) is 6.03. The molecular formula is C19H15ClN4O2S. The van der Waals surface area contributed by atoms with Crippen LogP contribution in [0, 0.1) is 6.92 Å². The number of hydrogen-bond acceptors (Lipinski definition) is 6. The van der Waals surface area contributed by atoms with Crippen LogP contribution in [0.5, 0.6) is 0 Å². The largest absolute Gasteiger partial charge is 0.423 e. The molecule has 136 valence electrons. The highest BCUT2D eigenvalue weighted by Gasteiger charge is 2.15. The summed E-state index contributed by atoms with van der Waals surface area (Å²) in [4.78, 5) is 11.9. The van der Waals surface area contributed by atoms with Crippen molar-refractivity contribution in [1.29, 1.82) is 0 Å². The van der Waals surface area contributed by atoms with Gasteiger partial charge in [0, 0.05) is 22.8 Å². The van der Waals surface area contributed by atoms with E-state index in [1.165, 1.54) is 22.5 Å². The molecule has 0 aliphatic rings. The Morgan fingerprint density at radius 2 is 2.00 bits per heavy atom. The van der Waals surface area contributed by atoms with E-state index in [-0.39, 0.29) is 5.63 Å². The third kappa shape index (κ3) is 3.43. The first kappa shape index (κ1) is 17.6. The maximum Gasteiger partial charge on any atom is 0.336 e. The molecule has 0 aliphatic carbocycles. The van der Waals surface area contributed by atoms with Crippen molar-refractivity contribution in [3.8, 4) is 11.4 Å². The summed E-state index contributed by atoms with van der Waals surface area (Å²) >= 11 is 7.61. The van der Waals surface area contributed by atoms with E-state index in [0.717, 1.165) is 16.5 Å². The number of nitrogen functional groups attached to an aromatic ring is 1. The van der Waals surface area contributed by atoms with Gasteiger partial charge in [-0.05, 0) is 36.2 Å². The van der Waals surface area contributed by atoms with Gasteiger partial charge in [0.1, 0.15) is 5.58 Å². The Morgan fingerprint density at radius 3 is 2.81 bits per heavy atom. The first-order valence-corrected chi connectivity index (χ1v) is 9.51. The molecule has 4 aromatic rings. The van der Waals surface area contributed by atoms with Crippen molar-refractivity contribution < 1.29 is 4.42 Å². The predicted octanol–water partition coefficient (Wildman–Crippen LogP) is 4.02. The summed E-state index contributed by atoms with van der Waals surface area (Å²) in [5.41, 5.74) is 2.79. The summed E-state index contributed by atoms with van der Waals surface area (Å²) in [6.45, 7) is 1.95. The van der Waals surface area contributed by atoms with Crippen molar-refractivity contribution in [1.82, 2.24) is 14.9 Å². The molecule has 8 heteroatoms. The summed E-state index contributed by atoms with van der Waals surface area (Å²) < 4.78 is 6.70. The molecule has 6 nitrogen and oxygen atoms in total. The van der Waals surface area contributed by atoms with Crippen molar-refractivity contribution in [3.63, 3.8) is 0 Å². The van der Waals surface area contributed by atoms with Crippen molar-refractivity contribution in [3.05, 3.63) is 75.1 Å². The maximum absolute atomic E-state index is 11.9. The number of nitrogens with two attached hydrogens (primary N) is 1. The first-order chi connectivity index (χ1) is 13.0. The quantitative estimate of drug-likeness (QED) is 0.317. The monoisotopic (exact) mass is 398 g/mol. The van der Waals surface area contributed by atoms with E-state index in [9.17, 15) is 4.79 Å². The van der Waals surface area contributed by atoms with E-state index in [4.69, 9.17) is 21.9 Å². The van der Waals surface area contributed by atoms with Gasteiger partial charge in [-0.25, -0.2) is 9.47 Å². The normalized spacial score (nSPS) is 11.2. The lowest BCUT2D eigenvalue weighted by molar-refractivity contribution is 0.559. The summed E-state index contributed by atoms with van der Waals surface area (Å²) in [5.74, 6) is 7.15. The highest BCUT2D eigenvalue weighted by Crippen LogP contribution is 2.30. The Bertz CT molecular complexity index is 1200. The van der Waals surface area contributed by atoms with Gasteiger partial charge in [-0.3, -0.25) is 0 Å². The molecule has 0 bridgehead atoms. The molecule has 27 heavy (non-hydrogen) atoms. The number of rotatable bonds is 4. The molecule has 0 radical (unpaired) electrons. The Kier molecular flexibility index (Phi) is 4.63. The zero-order chi connectivity index (χ0) is 19.0. The number of aromatic nitrogens is 3. The number of thioether (sulfide) groups is 1. The highest BCUT2D eigenvalue weighted by atomic mass is 35.5. The molecule has 0 spiro atoms. The lowest BCUT2D eigenvalue weighted by atomic mass is 10.1. The Morgan fingerprint density at radius 1 is 1.19 bits per heavy atom. The van der Waals surface area contributed by atoms with E-state index >= 15 is 0 Å². The summed E-state index contributed by atoms with van der Waals surface area (Å²) in [7, 11) is 0. The van der Waals surface area contributed by atoms with Gasteiger partial charge >= 0.3 is 5.63 Å². The summed E-state index contributed by atoms with van der Waals surface area (Å²) in [5, 5.41) is 10.3. The van der Waals surface area contributed by atoms with Crippen molar-refractivity contribution in [2.45, 2.75) is 17.8 Å². The van der Waals surface area contributed by atoms with Crippen molar-refractivity contribution in [2.75, 3.05) is 5.84 Å². The molecule has 0 unspecified atom stereocenters. The smallest absolute Gasteiger partial charge is 0.336 e. The van der Waals surface area contributed by atoms with Crippen LogP contribution in [0.1, 0.15) is 11.1 Å². The molecule has 0 fully saturated rings. The Labute approximate surface area is 163 Å². The second kappa shape index (κ2) is 7.09. The fourth-order valence-corrected chi connectivity index (χ4v) is 3.87. The molecule has 2 heterocycles. The number of fused-ring (bicyclic) bond motifs is 1. The standard InChI is InChI=1S/C19H15ClN4O2S/c1-11-6-7-13-12(9-17(25)26-16(13)8-11)10-27-19-23-22-18(24(19)21)14-4-2-3-5-15(14)20/h2-9H,10,21H2,1H3. The minimum absolute atomic E-state index is 0.380. The molecule has 2 aromatic heterocycles. The van der Waals surface area contributed by atoms with Crippen LogP contribution in [0.3, 0.4) is 0 Å². The van der Waals surface area contributed by atoms with Crippen LogP contribution in [0.4, 0.5) is 0 Å². The van der Waals surface area contributed by atoms with Crippen molar-refractivity contribution >= 4 is 34.3 Å². The first-order valence-electron chi connectivity index (χ1n) is 8.14. The molecule has 2 N–H and O–H groups in total. The van der Waals surface area contributed by atoms with Crippen LogP contribution >= 0.6 is 23.4 Å². The number of benzene rings is 2. The minimum Gasteiger partial charge on any atom is -0.423 e. The molecular weight excluding hydrogens is 384 g/mol. The van der Waals surface area contributed by atoms with Crippen molar-refractivity contribution in [2.24, 2.45) is 0 Å². The van der Waals surface area contributed by atoms with Gasteiger partial charge in [0.15, 0.2) is 5.82 Å². The van der Waals surface area contributed by atoms with E-state index in [1.807, 2.05) is 43.3 Å². The molecule has 0 atom stereocenters. The Balaban J connectivity index is 1.65. The molecule has 0 aliphatic heterocycles. The van der Waals surface area contributed by atoms with Crippen LogP contribution in [-0.4, -0.2) is 14.9 Å². The number of halogens is 1. The minimum atomic E-state index is -0.380. The lowest BCUT2D eigenvalue weighted by Gasteiger charge is -2.07. The average molecular weight is 399 g/mol. The SMILES string of the molecule is Cc1ccc2c(CSc3nnc(-c4ccccc4Cl)n3N)cc(=O)oc2c1. The highest BCUT2D eigenvalue weighted by molar-refractivity contribution is 7.98. The zero-order valence-corrected chi connectivity index (χ0v) is 15.9. The third-order valence-corrected chi connectivity index (χ3v) is 5.44. The van der Waals surface area contributed by atoms with Gasteiger partial charge in [-0.2, -0.15) is 0 Å². The van der Waals surface area contributed by atoms with Crippen LogP contribution in [0.2, 0.25) is 5.02 Å². The van der Waals surface area contributed by atoms with Crippen LogP contribution in [0.25, 0.3) is 22.4 Å². The predicted molar refractivity (Wildman–Crippen MR) is 107 cm³/mol. The topological polar surface area (TPSA) is 86.9 Å². The zero-order valence-electron chi connectivity index (χ0n) is 14.3. The lowest BCUT2D eigenvalue weighted by Crippen LogP contribution is -2.11. The summed E-state index contributed by atoms with van der Waals surface area (Å²) in [6, 6.07) is 14.6. The summed E-state index contributed by atoms with van der Waals surface area (Å²) in [6.07, 6.45) is 0. The van der Waals surface area contributed by atoms with Gasteiger partial charge in [0.25, 0.3) is 0 Å². The van der Waals surface area contributed by atoms with Gasteiger partial charge in [-0.1, -0.05) is 47.6 Å². The van der Waals surface area contributed by atoms with Crippen LogP contribution in [0.15, 0.2) is 62.9 Å². The molecule has 0 amide bonds. The Hall–Kier alpha value is -2.77. The molecule has 4 rings (SSSR count). The third-order valence-electron chi connectivity index (χ3n) is 4.12. The van der Waals surface area contributed by atoms with E-state index in [2.05, 4.69) is 10.2 Å². The number of aryl methyl sites for hydroxylation is 1. The molecule has 0 saturated carbocycles. The van der Waals surface area contributed by atoms with Gasteiger partial charge in [-0.15, -0.1) is 10.2 Å². The fourth-order valence-electron chi connectivity index (χ4n) is 2.80. The van der Waals surface area contributed by atoms with Crippen LogP contribution in [-0.2, 0) is 5.75 Å². The maximum atomic E-state index is 11.9. The number of hydrogen-bond donors (Lipinski definition) is 1.